The second-order valence-electron chi connectivity index (χ2n) is 3.74. The molecule has 0 saturated heterocycles. The maximum absolute atomic E-state index is 10.4. The van der Waals surface area contributed by atoms with Crippen LogP contribution >= 0.6 is 23.2 Å². The molecule has 2 nitrogen and oxygen atoms in total. The van der Waals surface area contributed by atoms with E-state index in [4.69, 9.17) is 28.3 Å². The highest BCUT2D eigenvalue weighted by molar-refractivity contribution is 6.51. The van der Waals surface area contributed by atoms with Gasteiger partial charge in [0.05, 0.1) is 0 Å². The molecule has 2 aliphatic rings. The third kappa shape index (κ3) is 1.12. The molecular formula is C8H10Cl2O2. The van der Waals surface area contributed by atoms with Crippen LogP contribution in [0.25, 0.3) is 0 Å². The number of hydrogen-bond donors (Lipinski definition) is 1. The predicted molar refractivity (Wildman–Crippen MR) is 46.4 cm³/mol. The molecular weight excluding hydrogens is 199 g/mol. The minimum absolute atomic E-state index is 0.211. The summed E-state index contributed by atoms with van der Waals surface area (Å²) < 4.78 is -0.599. The van der Waals surface area contributed by atoms with E-state index in [9.17, 15) is 4.79 Å². The number of carboxylic acids is 1. The molecule has 0 aromatic carbocycles. The van der Waals surface area contributed by atoms with Gasteiger partial charge in [0, 0.05) is 12.3 Å². The summed E-state index contributed by atoms with van der Waals surface area (Å²) in [6.07, 6.45) is 2.20. The van der Waals surface area contributed by atoms with Gasteiger partial charge in [0.15, 0.2) is 0 Å². The third-order valence-corrected chi connectivity index (χ3v) is 4.12. The molecule has 0 heterocycles. The summed E-state index contributed by atoms with van der Waals surface area (Å²) >= 11 is 11.9. The Morgan fingerprint density at radius 3 is 2.58 bits per heavy atom. The number of fused-ring (bicyclic) bond motifs is 1. The van der Waals surface area contributed by atoms with E-state index in [0.717, 1.165) is 12.8 Å². The number of hydrogen-bond acceptors (Lipinski definition) is 1. The lowest BCUT2D eigenvalue weighted by molar-refractivity contribution is -0.138. The maximum atomic E-state index is 10.4. The van der Waals surface area contributed by atoms with Gasteiger partial charge in [-0.3, -0.25) is 4.79 Å². The predicted octanol–water partition coefficient (Wildman–Crippen LogP) is 2.29. The van der Waals surface area contributed by atoms with Crippen LogP contribution in [0, 0.1) is 17.8 Å². The molecule has 0 aromatic heterocycles. The van der Waals surface area contributed by atoms with Gasteiger partial charge in [-0.05, 0) is 24.7 Å². The first-order valence-corrected chi connectivity index (χ1v) is 4.88. The number of carbonyl (C=O) groups is 1. The quantitative estimate of drug-likeness (QED) is 0.708. The molecule has 0 radical (unpaired) electrons. The zero-order valence-electron chi connectivity index (χ0n) is 6.46. The first kappa shape index (κ1) is 8.64. The van der Waals surface area contributed by atoms with Crippen LogP contribution in [0.2, 0.25) is 0 Å². The van der Waals surface area contributed by atoms with Crippen molar-refractivity contribution in [3.63, 3.8) is 0 Å². The number of alkyl halides is 2. The van der Waals surface area contributed by atoms with Gasteiger partial charge in [-0.15, -0.1) is 23.2 Å². The second-order valence-corrected chi connectivity index (χ2v) is 5.19. The average molecular weight is 209 g/mol. The smallest absolute Gasteiger partial charge is 0.303 e. The topological polar surface area (TPSA) is 37.3 Å². The molecule has 0 spiro atoms. The van der Waals surface area contributed by atoms with E-state index in [1.54, 1.807) is 0 Å². The lowest BCUT2D eigenvalue weighted by Gasteiger charge is -2.11. The van der Waals surface area contributed by atoms with E-state index in [1.165, 1.54) is 0 Å². The van der Waals surface area contributed by atoms with Gasteiger partial charge in [-0.2, -0.15) is 0 Å². The Bertz CT molecular complexity index is 227. The highest BCUT2D eigenvalue weighted by Gasteiger charge is 2.68. The standard InChI is InChI=1S/C8H10Cl2O2/c9-8(10)5-2-1-4(7(5)8)3-6(11)12/h4-5,7H,1-3H2,(H,11,12). The first-order valence-electron chi connectivity index (χ1n) is 4.13. The maximum Gasteiger partial charge on any atom is 0.303 e. The van der Waals surface area contributed by atoms with Crippen LogP contribution in [0.5, 0.6) is 0 Å². The Hall–Kier alpha value is 0.0500. The third-order valence-electron chi connectivity index (χ3n) is 3.06. The molecule has 1 N–H and O–H groups in total. The normalized spacial score (nSPS) is 42.3. The zero-order chi connectivity index (χ0) is 8.93. The van der Waals surface area contributed by atoms with E-state index in [0.29, 0.717) is 5.92 Å². The van der Waals surface area contributed by atoms with Crippen molar-refractivity contribution in [2.24, 2.45) is 17.8 Å². The van der Waals surface area contributed by atoms with Gasteiger partial charge in [0.1, 0.15) is 4.33 Å². The lowest BCUT2D eigenvalue weighted by atomic mass is 10.00. The largest absolute Gasteiger partial charge is 0.481 e. The molecule has 68 valence electrons. The molecule has 2 saturated carbocycles. The summed E-state index contributed by atoms with van der Waals surface area (Å²) in [5, 5.41) is 8.59. The van der Waals surface area contributed by atoms with Crippen LogP contribution in [-0.4, -0.2) is 15.4 Å². The Labute approximate surface area is 80.8 Å². The number of aliphatic carboxylic acids is 1. The molecule has 0 bridgehead atoms. The van der Waals surface area contributed by atoms with Crippen LogP contribution < -0.4 is 0 Å². The van der Waals surface area contributed by atoms with E-state index < -0.39 is 10.3 Å². The van der Waals surface area contributed by atoms with Crippen LogP contribution in [0.1, 0.15) is 19.3 Å². The number of carboxylic acid groups (broad SMARTS) is 1. The molecule has 3 unspecified atom stereocenters. The van der Waals surface area contributed by atoms with Gasteiger partial charge in [0.25, 0.3) is 0 Å². The summed E-state index contributed by atoms with van der Waals surface area (Å²) in [4.78, 5) is 10.4. The Balaban J connectivity index is 1.98. The van der Waals surface area contributed by atoms with Crippen molar-refractivity contribution >= 4 is 29.2 Å². The van der Waals surface area contributed by atoms with E-state index in [-0.39, 0.29) is 18.3 Å². The van der Waals surface area contributed by atoms with Gasteiger partial charge in [-0.1, -0.05) is 0 Å². The SMILES string of the molecule is O=C(O)CC1CCC2C1C2(Cl)Cl. The highest BCUT2D eigenvalue weighted by atomic mass is 35.5. The van der Waals surface area contributed by atoms with Crippen molar-refractivity contribution in [1.82, 2.24) is 0 Å². The molecule has 2 rings (SSSR count). The van der Waals surface area contributed by atoms with Crippen LogP contribution in [-0.2, 0) is 4.79 Å². The van der Waals surface area contributed by atoms with Gasteiger partial charge in [0.2, 0.25) is 0 Å². The lowest BCUT2D eigenvalue weighted by Crippen LogP contribution is -2.12. The van der Waals surface area contributed by atoms with Crippen molar-refractivity contribution < 1.29 is 9.90 Å². The summed E-state index contributed by atoms with van der Waals surface area (Å²) in [5.74, 6) is 0.0845. The number of halogens is 2. The molecule has 0 aliphatic heterocycles. The van der Waals surface area contributed by atoms with Gasteiger partial charge in [-0.25, -0.2) is 0 Å². The van der Waals surface area contributed by atoms with Crippen molar-refractivity contribution in [3.8, 4) is 0 Å². The van der Waals surface area contributed by atoms with Crippen LogP contribution in [0.3, 0.4) is 0 Å². The Morgan fingerprint density at radius 1 is 1.50 bits per heavy atom. The minimum Gasteiger partial charge on any atom is -0.481 e. The van der Waals surface area contributed by atoms with Gasteiger partial charge < -0.3 is 5.11 Å². The number of rotatable bonds is 2. The van der Waals surface area contributed by atoms with Crippen molar-refractivity contribution in [2.45, 2.75) is 23.6 Å². The average Bonchev–Trinajstić information content (AvgIpc) is 2.36. The zero-order valence-corrected chi connectivity index (χ0v) is 7.98. The summed E-state index contributed by atoms with van der Waals surface area (Å²) in [6, 6.07) is 0. The second kappa shape index (κ2) is 2.52. The molecule has 2 fully saturated rings. The van der Waals surface area contributed by atoms with Crippen molar-refractivity contribution in [1.29, 1.82) is 0 Å². The molecule has 3 atom stereocenters. The molecule has 0 amide bonds. The van der Waals surface area contributed by atoms with Crippen molar-refractivity contribution in [3.05, 3.63) is 0 Å². The fourth-order valence-corrected chi connectivity index (χ4v) is 3.48. The fraction of sp³-hybridized carbons (Fsp3) is 0.875. The monoisotopic (exact) mass is 208 g/mol. The Kier molecular flexibility index (Phi) is 1.81. The summed E-state index contributed by atoms with van der Waals surface area (Å²) in [6.45, 7) is 0. The van der Waals surface area contributed by atoms with E-state index >= 15 is 0 Å². The van der Waals surface area contributed by atoms with Crippen LogP contribution in [0.4, 0.5) is 0 Å². The molecule has 4 heteroatoms. The first-order chi connectivity index (χ1) is 5.53. The highest BCUT2D eigenvalue weighted by Crippen LogP contribution is 2.69. The fourth-order valence-electron chi connectivity index (χ4n) is 2.46. The summed E-state index contributed by atoms with van der Waals surface area (Å²) in [5.41, 5.74) is 0. The van der Waals surface area contributed by atoms with Crippen LogP contribution in [0.15, 0.2) is 0 Å². The minimum atomic E-state index is -0.739. The van der Waals surface area contributed by atoms with E-state index in [2.05, 4.69) is 0 Å². The molecule has 2 aliphatic carbocycles. The summed E-state index contributed by atoms with van der Waals surface area (Å²) in [7, 11) is 0. The molecule has 0 aromatic rings. The van der Waals surface area contributed by atoms with Crippen molar-refractivity contribution in [2.75, 3.05) is 0 Å². The Morgan fingerprint density at radius 2 is 2.17 bits per heavy atom. The molecule has 12 heavy (non-hydrogen) atoms. The van der Waals surface area contributed by atoms with E-state index in [1.807, 2.05) is 0 Å². The van der Waals surface area contributed by atoms with Gasteiger partial charge >= 0.3 is 5.97 Å².